The molecule has 0 saturated heterocycles. The molecule has 0 aliphatic carbocycles. The Balaban J connectivity index is 2.06. The molecule has 0 aliphatic heterocycles. The van der Waals surface area contributed by atoms with E-state index in [1.807, 2.05) is 32.0 Å². The lowest BCUT2D eigenvalue weighted by molar-refractivity contribution is 0.103. The number of hydrogen-bond donors (Lipinski definition) is 0. The van der Waals surface area contributed by atoms with E-state index in [1.165, 1.54) is 14.2 Å². The molecule has 0 radical (unpaired) electrons. The van der Waals surface area contributed by atoms with Crippen molar-refractivity contribution in [1.29, 1.82) is 0 Å². The Bertz CT molecular complexity index is 990. The van der Waals surface area contributed by atoms with Gasteiger partial charge < -0.3 is 18.9 Å². The Labute approximate surface area is 170 Å². The molecule has 1 aromatic heterocycles. The van der Waals surface area contributed by atoms with Gasteiger partial charge in [0.2, 0.25) is 5.75 Å². The summed E-state index contributed by atoms with van der Waals surface area (Å²) in [4.78, 5) is 17.5. The van der Waals surface area contributed by atoms with Crippen molar-refractivity contribution in [2.45, 2.75) is 20.3 Å². The molecular weight excluding hydrogens is 370 g/mol. The summed E-state index contributed by atoms with van der Waals surface area (Å²) in [7, 11) is 3.08. The quantitative estimate of drug-likeness (QED) is 0.491. The van der Waals surface area contributed by atoms with Crippen LogP contribution < -0.4 is 18.9 Å². The third-order valence-corrected chi connectivity index (χ3v) is 4.46. The van der Waals surface area contributed by atoms with Crippen LogP contribution in [0.25, 0.3) is 10.8 Å². The first-order valence-electron chi connectivity index (χ1n) is 9.57. The lowest BCUT2D eigenvalue weighted by atomic mass is 9.99. The van der Waals surface area contributed by atoms with E-state index in [1.54, 1.807) is 24.5 Å². The van der Waals surface area contributed by atoms with Crippen molar-refractivity contribution in [2.75, 3.05) is 27.4 Å². The molecule has 0 saturated carbocycles. The van der Waals surface area contributed by atoms with Gasteiger partial charge >= 0.3 is 0 Å². The van der Waals surface area contributed by atoms with Crippen LogP contribution in [0.3, 0.4) is 0 Å². The molecular formula is C23H25NO5. The number of aromatic nitrogens is 1. The Hall–Kier alpha value is -3.28. The smallest absolute Gasteiger partial charge is 0.203 e. The van der Waals surface area contributed by atoms with E-state index in [0.29, 0.717) is 41.6 Å². The summed E-state index contributed by atoms with van der Waals surface area (Å²) in [6, 6.07) is 8.95. The van der Waals surface area contributed by atoms with Crippen molar-refractivity contribution in [1.82, 2.24) is 4.98 Å². The lowest BCUT2D eigenvalue weighted by Gasteiger charge is -2.16. The highest BCUT2D eigenvalue weighted by Gasteiger charge is 2.20. The van der Waals surface area contributed by atoms with Crippen molar-refractivity contribution in [2.24, 2.45) is 0 Å². The molecule has 0 spiro atoms. The van der Waals surface area contributed by atoms with Gasteiger partial charge in [0.05, 0.1) is 27.4 Å². The van der Waals surface area contributed by atoms with Gasteiger partial charge in [-0.2, -0.15) is 0 Å². The van der Waals surface area contributed by atoms with Crippen LogP contribution >= 0.6 is 0 Å². The number of nitrogens with zero attached hydrogens (tertiary/aromatic N) is 1. The number of ketones is 1. The van der Waals surface area contributed by atoms with Crippen LogP contribution in [-0.2, 0) is 0 Å². The Morgan fingerprint density at radius 1 is 0.966 bits per heavy atom. The molecule has 0 unspecified atom stereocenters. The third kappa shape index (κ3) is 4.26. The largest absolute Gasteiger partial charge is 0.494 e. The highest BCUT2D eigenvalue weighted by molar-refractivity contribution is 6.16. The highest BCUT2D eigenvalue weighted by Crippen LogP contribution is 2.39. The van der Waals surface area contributed by atoms with E-state index < -0.39 is 0 Å². The summed E-state index contributed by atoms with van der Waals surface area (Å²) in [5.41, 5.74) is 0.933. The van der Waals surface area contributed by atoms with Crippen LogP contribution in [0, 0.1) is 0 Å². The zero-order chi connectivity index (χ0) is 20.8. The van der Waals surface area contributed by atoms with E-state index in [4.69, 9.17) is 18.9 Å². The minimum absolute atomic E-state index is 0.175. The molecule has 0 amide bonds. The van der Waals surface area contributed by atoms with Gasteiger partial charge in [-0.05, 0) is 49.1 Å². The normalized spacial score (nSPS) is 10.6. The first-order valence-corrected chi connectivity index (χ1v) is 9.57. The molecule has 3 rings (SSSR count). The molecule has 0 atom stereocenters. The van der Waals surface area contributed by atoms with Gasteiger partial charge in [0.25, 0.3) is 0 Å². The van der Waals surface area contributed by atoms with Crippen molar-refractivity contribution < 1.29 is 23.7 Å². The number of benzene rings is 2. The molecule has 0 N–H and O–H groups in total. The minimum atomic E-state index is -0.175. The van der Waals surface area contributed by atoms with Gasteiger partial charge in [0.15, 0.2) is 17.3 Å². The van der Waals surface area contributed by atoms with E-state index in [2.05, 4.69) is 4.98 Å². The average Bonchev–Trinajstić information content (AvgIpc) is 2.76. The van der Waals surface area contributed by atoms with Gasteiger partial charge in [-0.1, -0.05) is 6.92 Å². The molecule has 0 aliphatic rings. The number of pyridine rings is 1. The number of carbonyl (C=O) groups excluding carboxylic acids is 1. The zero-order valence-electron chi connectivity index (χ0n) is 17.2. The second kappa shape index (κ2) is 9.28. The average molecular weight is 395 g/mol. The molecule has 2 aromatic carbocycles. The van der Waals surface area contributed by atoms with Gasteiger partial charge in [0, 0.05) is 28.9 Å². The molecule has 0 bridgehead atoms. The van der Waals surface area contributed by atoms with Gasteiger partial charge in [-0.15, -0.1) is 0 Å². The van der Waals surface area contributed by atoms with Crippen LogP contribution in [0.15, 0.2) is 42.7 Å². The summed E-state index contributed by atoms with van der Waals surface area (Å²) in [5, 5.41) is 1.64. The molecule has 3 aromatic rings. The summed E-state index contributed by atoms with van der Waals surface area (Å²) >= 11 is 0. The standard InChI is InChI=1S/C23H25NO5/c1-5-9-29-23-20(26-3)11-15(12-21(23)27-4)22(25)19-14-24-13-16-10-17(28-6-2)7-8-18(16)19/h7-8,10-14H,5-6,9H2,1-4H3. The Morgan fingerprint density at radius 3 is 2.31 bits per heavy atom. The van der Waals surface area contributed by atoms with E-state index in [9.17, 15) is 4.79 Å². The van der Waals surface area contributed by atoms with E-state index in [0.717, 1.165) is 22.9 Å². The summed E-state index contributed by atoms with van der Waals surface area (Å²) < 4.78 is 22.2. The topological polar surface area (TPSA) is 66.9 Å². The van der Waals surface area contributed by atoms with Crippen molar-refractivity contribution in [3.63, 3.8) is 0 Å². The van der Waals surface area contributed by atoms with Gasteiger partial charge in [-0.25, -0.2) is 0 Å². The third-order valence-electron chi connectivity index (χ3n) is 4.46. The molecule has 152 valence electrons. The maximum atomic E-state index is 13.3. The predicted octanol–water partition coefficient (Wildman–Crippen LogP) is 4.67. The van der Waals surface area contributed by atoms with E-state index in [-0.39, 0.29) is 5.78 Å². The van der Waals surface area contributed by atoms with Crippen molar-refractivity contribution in [3.8, 4) is 23.0 Å². The molecule has 6 nitrogen and oxygen atoms in total. The fraction of sp³-hybridized carbons (Fsp3) is 0.304. The van der Waals surface area contributed by atoms with Crippen molar-refractivity contribution >= 4 is 16.6 Å². The zero-order valence-corrected chi connectivity index (χ0v) is 17.2. The maximum absolute atomic E-state index is 13.3. The number of carbonyl (C=O) groups is 1. The number of methoxy groups -OCH3 is 2. The second-order valence-corrected chi connectivity index (χ2v) is 6.39. The van der Waals surface area contributed by atoms with Crippen molar-refractivity contribution in [3.05, 3.63) is 53.9 Å². The first kappa shape index (κ1) is 20.5. The first-order chi connectivity index (χ1) is 14.1. The summed E-state index contributed by atoms with van der Waals surface area (Å²) in [5.74, 6) is 1.96. The SMILES string of the molecule is CCCOc1c(OC)cc(C(=O)c2cncc3cc(OCC)ccc23)cc1OC. The van der Waals surface area contributed by atoms with E-state index >= 15 is 0 Å². The monoisotopic (exact) mass is 395 g/mol. The number of rotatable bonds is 9. The molecule has 1 heterocycles. The summed E-state index contributed by atoms with van der Waals surface area (Å²) in [6.07, 6.45) is 4.14. The van der Waals surface area contributed by atoms with Crippen LogP contribution in [-0.4, -0.2) is 38.2 Å². The van der Waals surface area contributed by atoms with Gasteiger partial charge in [0.1, 0.15) is 5.75 Å². The summed E-state index contributed by atoms with van der Waals surface area (Å²) in [6.45, 7) is 5.04. The predicted molar refractivity (Wildman–Crippen MR) is 112 cm³/mol. The fourth-order valence-electron chi connectivity index (χ4n) is 3.10. The van der Waals surface area contributed by atoms with Crippen LogP contribution in [0.1, 0.15) is 36.2 Å². The van der Waals surface area contributed by atoms with Gasteiger partial charge in [-0.3, -0.25) is 9.78 Å². The van der Waals surface area contributed by atoms with Crippen LogP contribution in [0.4, 0.5) is 0 Å². The second-order valence-electron chi connectivity index (χ2n) is 6.39. The lowest BCUT2D eigenvalue weighted by Crippen LogP contribution is -2.06. The minimum Gasteiger partial charge on any atom is -0.494 e. The van der Waals surface area contributed by atoms with Crippen LogP contribution in [0.5, 0.6) is 23.0 Å². The Morgan fingerprint density at radius 2 is 1.69 bits per heavy atom. The fourth-order valence-corrected chi connectivity index (χ4v) is 3.10. The molecule has 29 heavy (non-hydrogen) atoms. The highest BCUT2D eigenvalue weighted by atomic mass is 16.5. The Kier molecular flexibility index (Phi) is 6.54. The maximum Gasteiger partial charge on any atom is 0.203 e. The van der Waals surface area contributed by atoms with Crippen LogP contribution in [0.2, 0.25) is 0 Å². The number of fused-ring (bicyclic) bond motifs is 1. The number of ether oxygens (including phenoxy) is 4. The molecule has 6 heteroatoms. The number of hydrogen-bond acceptors (Lipinski definition) is 6. The molecule has 0 fully saturated rings.